The highest BCUT2D eigenvalue weighted by atomic mass is 19.1. The molecule has 8 nitrogen and oxygen atoms in total. The molecule has 2 fully saturated rings. The van der Waals surface area contributed by atoms with Crippen molar-refractivity contribution in [3.63, 3.8) is 0 Å². The predicted octanol–water partition coefficient (Wildman–Crippen LogP) is 3.92. The average molecular weight is 467 g/mol. The second kappa shape index (κ2) is 9.70. The minimum absolute atomic E-state index is 0.140. The van der Waals surface area contributed by atoms with Gasteiger partial charge in [-0.1, -0.05) is 6.07 Å². The summed E-state index contributed by atoms with van der Waals surface area (Å²) >= 11 is 0. The van der Waals surface area contributed by atoms with E-state index in [0.717, 1.165) is 25.7 Å². The summed E-state index contributed by atoms with van der Waals surface area (Å²) in [6.45, 7) is 1.21. The lowest BCUT2D eigenvalue weighted by Gasteiger charge is -2.19. The van der Waals surface area contributed by atoms with Crippen molar-refractivity contribution in [2.75, 3.05) is 20.3 Å². The minimum atomic E-state index is -0.481. The van der Waals surface area contributed by atoms with Gasteiger partial charge in [-0.3, -0.25) is 9.36 Å². The van der Waals surface area contributed by atoms with E-state index in [4.69, 9.17) is 14.2 Å². The maximum atomic E-state index is 14.1. The van der Waals surface area contributed by atoms with Crippen molar-refractivity contribution in [3.8, 4) is 22.9 Å². The Labute approximate surface area is 197 Å². The molecule has 178 valence electrons. The molecule has 9 heteroatoms. The molecule has 0 radical (unpaired) electrons. The number of hydrogen-bond acceptors (Lipinski definition) is 6. The van der Waals surface area contributed by atoms with Gasteiger partial charge in [0.1, 0.15) is 24.0 Å². The Morgan fingerprint density at radius 2 is 1.71 bits per heavy atom. The van der Waals surface area contributed by atoms with Crippen LogP contribution in [0, 0.1) is 17.7 Å². The highest BCUT2D eigenvalue weighted by molar-refractivity contribution is 6.01. The molecule has 5 rings (SSSR count). The molecule has 0 bridgehead atoms. The van der Waals surface area contributed by atoms with E-state index in [1.807, 2.05) is 6.07 Å². The van der Waals surface area contributed by atoms with E-state index < -0.39 is 5.82 Å². The first kappa shape index (κ1) is 22.2. The smallest absolute Gasteiger partial charge is 0.259 e. The number of rotatable bonds is 11. The number of amides is 1. The molecular formula is C25H27FN4O4. The van der Waals surface area contributed by atoms with Crippen LogP contribution in [0.5, 0.6) is 17.2 Å². The van der Waals surface area contributed by atoms with E-state index >= 15 is 0 Å². The molecule has 1 heterocycles. The van der Waals surface area contributed by atoms with E-state index in [1.165, 1.54) is 19.2 Å². The molecule has 0 unspecified atom stereocenters. The van der Waals surface area contributed by atoms with E-state index in [9.17, 15) is 9.18 Å². The summed E-state index contributed by atoms with van der Waals surface area (Å²) in [5.74, 6) is 1.22. The van der Waals surface area contributed by atoms with Crippen molar-refractivity contribution >= 4 is 5.91 Å². The summed E-state index contributed by atoms with van der Waals surface area (Å²) < 4.78 is 33.1. The fraction of sp³-hybridized carbons (Fsp3) is 0.400. The molecule has 2 saturated carbocycles. The normalized spacial score (nSPS) is 15.1. The van der Waals surface area contributed by atoms with Gasteiger partial charge in [-0.05, 0) is 67.3 Å². The summed E-state index contributed by atoms with van der Waals surface area (Å²) in [6, 6.07) is 8.23. The van der Waals surface area contributed by atoms with Gasteiger partial charge in [-0.15, -0.1) is 10.2 Å². The fourth-order valence-electron chi connectivity index (χ4n) is 3.63. The third-order valence-corrected chi connectivity index (χ3v) is 6.02. The largest absolute Gasteiger partial charge is 0.494 e. The van der Waals surface area contributed by atoms with Crippen LogP contribution in [0.3, 0.4) is 0 Å². The maximum Gasteiger partial charge on any atom is 0.259 e. The zero-order valence-electron chi connectivity index (χ0n) is 19.0. The third kappa shape index (κ3) is 5.13. The molecule has 0 atom stereocenters. The molecule has 0 spiro atoms. The topological polar surface area (TPSA) is 87.5 Å². The van der Waals surface area contributed by atoms with Crippen molar-refractivity contribution in [2.45, 2.75) is 32.2 Å². The average Bonchev–Trinajstić information content (AvgIpc) is 3.79. The number of ether oxygens (including phenoxy) is 3. The number of halogens is 1. The number of benzene rings is 2. The van der Waals surface area contributed by atoms with Crippen LogP contribution in [0.4, 0.5) is 4.39 Å². The lowest BCUT2D eigenvalue weighted by atomic mass is 10.1. The van der Waals surface area contributed by atoms with Crippen LogP contribution in [0.25, 0.3) is 5.69 Å². The van der Waals surface area contributed by atoms with Crippen molar-refractivity contribution in [3.05, 3.63) is 59.9 Å². The predicted molar refractivity (Wildman–Crippen MR) is 122 cm³/mol. The van der Waals surface area contributed by atoms with Crippen molar-refractivity contribution < 1.29 is 23.4 Å². The van der Waals surface area contributed by atoms with Gasteiger partial charge < -0.3 is 19.5 Å². The Morgan fingerprint density at radius 1 is 1.03 bits per heavy atom. The van der Waals surface area contributed by atoms with E-state index in [0.29, 0.717) is 53.4 Å². The molecule has 34 heavy (non-hydrogen) atoms. The minimum Gasteiger partial charge on any atom is -0.494 e. The Balaban J connectivity index is 1.45. The molecule has 1 amide bonds. The Hall–Kier alpha value is -3.62. The molecule has 1 N–H and O–H groups in total. The molecule has 2 aromatic carbocycles. The quantitative estimate of drug-likeness (QED) is 0.461. The Morgan fingerprint density at radius 3 is 2.35 bits per heavy atom. The number of carbonyl (C=O) groups is 1. The lowest BCUT2D eigenvalue weighted by Crippen LogP contribution is -2.25. The Bertz CT molecular complexity index is 1160. The second-order valence-corrected chi connectivity index (χ2v) is 8.82. The summed E-state index contributed by atoms with van der Waals surface area (Å²) in [4.78, 5) is 13.5. The number of methoxy groups -OCH3 is 1. The van der Waals surface area contributed by atoms with E-state index in [1.54, 1.807) is 29.4 Å². The van der Waals surface area contributed by atoms with Gasteiger partial charge in [0.25, 0.3) is 5.91 Å². The van der Waals surface area contributed by atoms with Crippen LogP contribution in [-0.4, -0.2) is 41.0 Å². The van der Waals surface area contributed by atoms with Crippen molar-refractivity contribution in [2.24, 2.45) is 11.8 Å². The monoisotopic (exact) mass is 466 g/mol. The van der Waals surface area contributed by atoms with Crippen LogP contribution in [0.2, 0.25) is 0 Å². The number of aromatic nitrogens is 3. The summed E-state index contributed by atoms with van der Waals surface area (Å²) in [5.41, 5.74) is 1.59. The highest BCUT2D eigenvalue weighted by Gasteiger charge is 2.29. The van der Waals surface area contributed by atoms with Gasteiger partial charge in [0.15, 0.2) is 17.3 Å². The number of nitrogens with one attached hydrogen (secondary N) is 1. The molecule has 1 aromatic heterocycles. The molecule has 2 aliphatic rings. The SMILES string of the molecule is COc1ccc(CNC(=O)c2c(OCC3CC3)ccc(-n3cnnc3)c2OCC2CC2)cc1F. The highest BCUT2D eigenvalue weighted by Crippen LogP contribution is 2.38. The summed E-state index contributed by atoms with van der Waals surface area (Å²) in [7, 11) is 1.41. The number of nitrogens with zero attached hydrogens (tertiary/aromatic N) is 3. The zero-order chi connectivity index (χ0) is 23.5. The lowest BCUT2D eigenvalue weighted by molar-refractivity contribution is 0.0941. The van der Waals surface area contributed by atoms with Crippen LogP contribution in [0.1, 0.15) is 41.6 Å². The molecule has 0 saturated heterocycles. The first-order chi connectivity index (χ1) is 16.6. The second-order valence-electron chi connectivity index (χ2n) is 8.82. The van der Waals surface area contributed by atoms with Gasteiger partial charge in [-0.25, -0.2) is 4.39 Å². The van der Waals surface area contributed by atoms with E-state index in [2.05, 4.69) is 15.5 Å². The van der Waals surface area contributed by atoms with Gasteiger partial charge in [-0.2, -0.15) is 0 Å². The first-order valence-electron chi connectivity index (χ1n) is 11.5. The van der Waals surface area contributed by atoms with Crippen LogP contribution in [0.15, 0.2) is 43.0 Å². The van der Waals surface area contributed by atoms with Gasteiger partial charge >= 0.3 is 0 Å². The molecule has 3 aromatic rings. The molecular weight excluding hydrogens is 439 g/mol. The van der Waals surface area contributed by atoms with Gasteiger partial charge in [0, 0.05) is 6.54 Å². The fourth-order valence-corrected chi connectivity index (χ4v) is 3.63. The maximum absolute atomic E-state index is 14.1. The van der Waals surface area contributed by atoms with Crippen LogP contribution < -0.4 is 19.5 Å². The first-order valence-corrected chi connectivity index (χ1v) is 11.5. The summed E-state index contributed by atoms with van der Waals surface area (Å²) in [5, 5.41) is 10.7. The van der Waals surface area contributed by atoms with Crippen LogP contribution >= 0.6 is 0 Å². The zero-order valence-corrected chi connectivity index (χ0v) is 19.0. The number of hydrogen-bond donors (Lipinski definition) is 1. The van der Waals surface area contributed by atoms with E-state index in [-0.39, 0.29) is 18.2 Å². The molecule has 2 aliphatic carbocycles. The van der Waals surface area contributed by atoms with Crippen LogP contribution in [-0.2, 0) is 6.54 Å². The standard InChI is InChI=1S/C25H27FN4O4/c1-32-21-8-6-18(10-19(21)26)11-27-25(31)23-22(33-12-16-2-3-16)9-7-20(30-14-28-29-15-30)24(23)34-13-17-4-5-17/h6-10,14-17H,2-5,11-13H2,1H3,(H,27,31). The molecule has 0 aliphatic heterocycles. The summed E-state index contributed by atoms with van der Waals surface area (Å²) in [6.07, 6.45) is 7.62. The van der Waals surface area contributed by atoms with Gasteiger partial charge in [0.05, 0.1) is 26.0 Å². The van der Waals surface area contributed by atoms with Crippen molar-refractivity contribution in [1.82, 2.24) is 20.1 Å². The van der Waals surface area contributed by atoms with Gasteiger partial charge in [0.2, 0.25) is 0 Å². The van der Waals surface area contributed by atoms with Crippen molar-refractivity contribution in [1.29, 1.82) is 0 Å². The Kier molecular flexibility index (Phi) is 6.33. The third-order valence-electron chi connectivity index (χ3n) is 6.02. The number of carbonyl (C=O) groups excluding carboxylic acids is 1.